The molecule has 1 aliphatic carbocycles. The first-order valence-electron chi connectivity index (χ1n) is 5.45. The number of nitrogens with one attached hydrogen (secondary N) is 1. The van der Waals surface area contributed by atoms with Crippen LogP contribution in [0.15, 0.2) is 0 Å². The number of rotatable bonds is 4. The van der Waals surface area contributed by atoms with Crippen molar-refractivity contribution >= 4 is 23.3 Å². The maximum atomic E-state index is 12.7. The molecule has 0 heterocycles. The van der Waals surface area contributed by atoms with Crippen LogP contribution in [-0.4, -0.2) is 35.7 Å². The third-order valence-electron chi connectivity index (χ3n) is 3.02. The van der Waals surface area contributed by atoms with E-state index in [1.807, 2.05) is 0 Å². The summed E-state index contributed by atoms with van der Waals surface area (Å²) in [5, 5.41) is 1.60. The summed E-state index contributed by atoms with van der Waals surface area (Å²) in [5.74, 6) is -9.54. The van der Waals surface area contributed by atoms with E-state index in [0.29, 0.717) is 12.8 Å². The number of hydrogen-bond donors (Lipinski definition) is 1. The molecule has 110 valence electrons. The van der Waals surface area contributed by atoms with Gasteiger partial charge in [-0.1, -0.05) is 6.42 Å². The SMILES string of the molecule is O=C(CCl)C1CCCC1NC(=O)C(F)(F)C(F)(F)F. The fraction of sp³-hybridized carbons (Fsp3) is 0.800. The van der Waals surface area contributed by atoms with E-state index in [9.17, 15) is 31.5 Å². The van der Waals surface area contributed by atoms with E-state index in [4.69, 9.17) is 11.6 Å². The Balaban J connectivity index is 2.74. The summed E-state index contributed by atoms with van der Waals surface area (Å²) < 4.78 is 61.4. The molecule has 0 radical (unpaired) electrons. The third-order valence-corrected chi connectivity index (χ3v) is 3.28. The average molecular weight is 308 g/mol. The highest BCUT2D eigenvalue weighted by molar-refractivity contribution is 6.28. The fourth-order valence-corrected chi connectivity index (χ4v) is 2.20. The van der Waals surface area contributed by atoms with E-state index < -0.39 is 35.7 Å². The van der Waals surface area contributed by atoms with E-state index in [1.54, 1.807) is 5.32 Å². The zero-order chi connectivity index (χ0) is 14.8. The monoisotopic (exact) mass is 307 g/mol. The Morgan fingerprint density at radius 3 is 2.21 bits per heavy atom. The number of hydrogen-bond acceptors (Lipinski definition) is 2. The Bertz CT molecular complexity index is 371. The molecule has 1 saturated carbocycles. The van der Waals surface area contributed by atoms with Crippen molar-refractivity contribution < 1.29 is 31.5 Å². The topological polar surface area (TPSA) is 46.2 Å². The van der Waals surface area contributed by atoms with Crippen LogP contribution >= 0.6 is 11.6 Å². The molecule has 0 aromatic rings. The van der Waals surface area contributed by atoms with Crippen molar-refractivity contribution in [1.29, 1.82) is 0 Å². The molecule has 1 rings (SSSR count). The normalized spacial score (nSPS) is 24.3. The van der Waals surface area contributed by atoms with Crippen LogP contribution in [0.2, 0.25) is 0 Å². The van der Waals surface area contributed by atoms with E-state index in [1.165, 1.54) is 0 Å². The van der Waals surface area contributed by atoms with Crippen LogP contribution in [-0.2, 0) is 9.59 Å². The lowest BCUT2D eigenvalue weighted by Crippen LogP contribution is -2.54. The number of ketones is 1. The summed E-state index contributed by atoms with van der Waals surface area (Å²) in [6.45, 7) is 0. The Kier molecular flexibility index (Phi) is 4.76. The largest absolute Gasteiger partial charge is 0.463 e. The molecule has 1 N–H and O–H groups in total. The van der Waals surface area contributed by atoms with E-state index in [-0.39, 0.29) is 12.3 Å². The fourth-order valence-electron chi connectivity index (χ4n) is 2.01. The molecular formula is C10H11ClF5NO2. The van der Waals surface area contributed by atoms with Gasteiger partial charge < -0.3 is 5.32 Å². The maximum absolute atomic E-state index is 12.7. The first kappa shape index (κ1) is 16.1. The van der Waals surface area contributed by atoms with Crippen LogP contribution < -0.4 is 5.32 Å². The lowest BCUT2D eigenvalue weighted by molar-refractivity contribution is -0.270. The number of halogens is 6. The molecule has 3 nitrogen and oxygen atoms in total. The van der Waals surface area contributed by atoms with E-state index in [0.717, 1.165) is 0 Å². The van der Waals surface area contributed by atoms with Crippen LogP contribution in [0.4, 0.5) is 22.0 Å². The van der Waals surface area contributed by atoms with Gasteiger partial charge in [0.25, 0.3) is 0 Å². The second-order valence-corrected chi connectivity index (χ2v) is 4.56. The first-order chi connectivity index (χ1) is 8.61. The van der Waals surface area contributed by atoms with Gasteiger partial charge in [-0.3, -0.25) is 9.59 Å². The molecule has 0 bridgehead atoms. The van der Waals surface area contributed by atoms with Gasteiger partial charge in [-0.15, -0.1) is 11.6 Å². The van der Waals surface area contributed by atoms with Gasteiger partial charge in [0.05, 0.1) is 5.88 Å². The van der Waals surface area contributed by atoms with E-state index >= 15 is 0 Å². The summed E-state index contributed by atoms with van der Waals surface area (Å²) >= 11 is 5.31. The van der Waals surface area contributed by atoms with Gasteiger partial charge in [0.1, 0.15) is 0 Å². The van der Waals surface area contributed by atoms with E-state index in [2.05, 4.69) is 0 Å². The number of alkyl halides is 6. The molecule has 19 heavy (non-hydrogen) atoms. The molecule has 0 aromatic heterocycles. The average Bonchev–Trinajstić information content (AvgIpc) is 2.74. The summed E-state index contributed by atoms with van der Waals surface area (Å²) in [5.41, 5.74) is 0. The summed E-state index contributed by atoms with van der Waals surface area (Å²) in [7, 11) is 0. The van der Waals surface area contributed by atoms with Crippen molar-refractivity contribution in [2.75, 3.05) is 5.88 Å². The minimum Gasteiger partial charge on any atom is -0.347 e. The van der Waals surface area contributed by atoms with Crippen LogP contribution in [0.3, 0.4) is 0 Å². The van der Waals surface area contributed by atoms with Crippen LogP contribution in [0.25, 0.3) is 0 Å². The highest BCUT2D eigenvalue weighted by Gasteiger charge is 2.63. The molecule has 1 amide bonds. The second-order valence-electron chi connectivity index (χ2n) is 4.29. The quantitative estimate of drug-likeness (QED) is 0.640. The predicted octanol–water partition coefficient (Wildman–Crippen LogP) is 2.28. The standard InChI is InChI=1S/C10H11ClF5NO2/c11-4-7(18)5-2-1-3-6(5)17-8(19)9(12,13)10(14,15)16/h5-6H,1-4H2,(H,17,19). The molecule has 1 fully saturated rings. The van der Waals surface area contributed by atoms with Crippen LogP contribution in [0.5, 0.6) is 0 Å². The zero-order valence-electron chi connectivity index (χ0n) is 9.57. The summed E-state index contributed by atoms with van der Waals surface area (Å²) in [6.07, 6.45) is -5.02. The smallest absolute Gasteiger partial charge is 0.347 e. The molecular weight excluding hydrogens is 297 g/mol. The molecule has 2 unspecified atom stereocenters. The van der Waals surface area contributed by atoms with Gasteiger partial charge in [0, 0.05) is 12.0 Å². The third kappa shape index (κ3) is 3.34. The maximum Gasteiger partial charge on any atom is 0.463 e. The number of Topliss-reactive ketones (excluding diaryl/α,β-unsaturated/α-hetero) is 1. The summed E-state index contributed by atoms with van der Waals surface area (Å²) in [6, 6.07) is -1.02. The first-order valence-corrected chi connectivity index (χ1v) is 5.99. The molecule has 9 heteroatoms. The number of amides is 1. The van der Waals surface area contributed by atoms with Crippen molar-refractivity contribution in [1.82, 2.24) is 5.32 Å². The van der Waals surface area contributed by atoms with Crippen LogP contribution in [0.1, 0.15) is 19.3 Å². The Hall–Kier alpha value is -0.920. The van der Waals surface area contributed by atoms with Gasteiger partial charge in [-0.05, 0) is 12.8 Å². The van der Waals surface area contributed by atoms with Crippen molar-refractivity contribution in [3.05, 3.63) is 0 Å². The Morgan fingerprint density at radius 2 is 1.74 bits per heavy atom. The second kappa shape index (κ2) is 5.60. The highest BCUT2D eigenvalue weighted by Crippen LogP contribution is 2.36. The summed E-state index contributed by atoms with van der Waals surface area (Å²) in [4.78, 5) is 22.4. The number of carbonyl (C=O) groups excluding carboxylic acids is 2. The molecule has 0 aliphatic heterocycles. The van der Waals surface area contributed by atoms with Crippen molar-refractivity contribution in [3.63, 3.8) is 0 Å². The van der Waals surface area contributed by atoms with Crippen LogP contribution in [0, 0.1) is 5.92 Å². The molecule has 1 aliphatic rings. The number of carbonyl (C=O) groups is 2. The van der Waals surface area contributed by atoms with Gasteiger partial charge in [0.15, 0.2) is 5.78 Å². The Labute approximate surface area is 110 Å². The van der Waals surface area contributed by atoms with Crippen molar-refractivity contribution in [2.45, 2.75) is 37.4 Å². The molecule has 0 saturated heterocycles. The molecule has 2 atom stereocenters. The van der Waals surface area contributed by atoms with Gasteiger partial charge >= 0.3 is 18.0 Å². The highest BCUT2D eigenvalue weighted by atomic mass is 35.5. The van der Waals surface area contributed by atoms with Gasteiger partial charge in [0.2, 0.25) is 0 Å². The Morgan fingerprint density at radius 1 is 1.16 bits per heavy atom. The lowest BCUT2D eigenvalue weighted by atomic mass is 9.99. The van der Waals surface area contributed by atoms with Gasteiger partial charge in [-0.2, -0.15) is 22.0 Å². The zero-order valence-corrected chi connectivity index (χ0v) is 10.3. The molecule has 0 spiro atoms. The molecule has 0 aromatic carbocycles. The minimum absolute atomic E-state index is 0.174. The lowest BCUT2D eigenvalue weighted by Gasteiger charge is -2.24. The predicted molar refractivity (Wildman–Crippen MR) is 56.0 cm³/mol. The van der Waals surface area contributed by atoms with Gasteiger partial charge in [-0.25, -0.2) is 0 Å². The minimum atomic E-state index is -5.96. The van der Waals surface area contributed by atoms with Crippen molar-refractivity contribution in [3.8, 4) is 0 Å². The van der Waals surface area contributed by atoms with Crippen molar-refractivity contribution in [2.24, 2.45) is 5.92 Å².